The van der Waals surface area contributed by atoms with E-state index in [4.69, 9.17) is 11.6 Å². The Morgan fingerprint density at radius 1 is 1.27 bits per heavy atom. The molecule has 0 saturated carbocycles. The Balaban J connectivity index is 2.43. The van der Waals surface area contributed by atoms with Gasteiger partial charge in [0.25, 0.3) is 0 Å². The van der Waals surface area contributed by atoms with Gasteiger partial charge >= 0.3 is 0 Å². The van der Waals surface area contributed by atoms with Gasteiger partial charge in [-0.05, 0) is 43.5 Å². The van der Waals surface area contributed by atoms with Crippen molar-refractivity contribution in [1.82, 2.24) is 5.32 Å². The van der Waals surface area contributed by atoms with E-state index in [2.05, 4.69) is 32.2 Å². The van der Waals surface area contributed by atoms with Crippen molar-refractivity contribution in [2.24, 2.45) is 5.92 Å². The molecule has 1 aromatic rings. The smallest absolute Gasteiger partial charge is 0.0409 e. The quantitative estimate of drug-likeness (QED) is 0.798. The van der Waals surface area contributed by atoms with Gasteiger partial charge < -0.3 is 5.32 Å². The first kappa shape index (κ1) is 12.5. The maximum Gasteiger partial charge on any atom is 0.0409 e. The second-order valence-corrected chi connectivity index (χ2v) is 4.85. The van der Waals surface area contributed by atoms with Gasteiger partial charge in [0.2, 0.25) is 0 Å². The second kappa shape index (κ2) is 6.14. The van der Waals surface area contributed by atoms with Gasteiger partial charge in [0.1, 0.15) is 0 Å². The lowest BCUT2D eigenvalue weighted by Gasteiger charge is -2.15. The normalized spacial score (nSPS) is 13.1. The average Bonchev–Trinajstić information content (AvgIpc) is 2.17. The molecule has 0 aliphatic heterocycles. The summed E-state index contributed by atoms with van der Waals surface area (Å²) >= 11 is 5.95. The van der Waals surface area contributed by atoms with E-state index in [1.807, 2.05) is 18.2 Å². The standard InChI is InChI=1S/C13H20ClN/c1-10(2)7-8-15-11(3)12-5-4-6-13(14)9-12/h4-6,9-11,15H,7-8H2,1-3H3/t11-/m1/s1. The first-order chi connectivity index (χ1) is 7.09. The van der Waals surface area contributed by atoms with Crippen LogP contribution in [0.25, 0.3) is 0 Å². The molecule has 0 fully saturated rings. The Bertz CT molecular complexity index is 296. The molecule has 0 bridgehead atoms. The molecule has 0 heterocycles. The molecular formula is C13H20ClN. The number of hydrogen-bond donors (Lipinski definition) is 1. The van der Waals surface area contributed by atoms with E-state index in [9.17, 15) is 0 Å². The first-order valence-corrected chi connectivity index (χ1v) is 5.96. The van der Waals surface area contributed by atoms with Crippen molar-refractivity contribution in [3.8, 4) is 0 Å². The van der Waals surface area contributed by atoms with Gasteiger partial charge in [-0.1, -0.05) is 37.6 Å². The monoisotopic (exact) mass is 225 g/mol. The zero-order valence-electron chi connectivity index (χ0n) is 9.76. The summed E-state index contributed by atoms with van der Waals surface area (Å²) in [6.45, 7) is 7.72. The molecule has 1 atom stereocenters. The number of benzene rings is 1. The molecule has 0 aliphatic carbocycles. The average molecular weight is 226 g/mol. The molecule has 84 valence electrons. The van der Waals surface area contributed by atoms with Crippen LogP contribution < -0.4 is 5.32 Å². The number of nitrogens with one attached hydrogen (secondary N) is 1. The molecule has 0 saturated heterocycles. The van der Waals surface area contributed by atoms with E-state index in [1.165, 1.54) is 12.0 Å². The molecule has 1 nitrogen and oxygen atoms in total. The van der Waals surface area contributed by atoms with Crippen LogP contribution in [0.5, 0.6) is 0 Å². The molecule has 1 rings (SSSR count). The Labute approximate surface area is 97.8 Å². The largest absolute Gasteiger partial charge is 0.310 e. The van der Waals surface area contributed by atoms with Crippen molar-refractivity contribution in [3.05, 3.63) is 34.9 Å². The van der Waals surface area contributed by atoms with Crippen molar-refractivity contribution in [2.75, 3.05) is 6.54 Å². The maximum absolute atomic E-state index is 5.95. The highest BCUT2D eigenvalue weighted by molar-refractivity contribution is 6.30. The number of hydrogen-bond acceptors (Lipinski definition) is 1. The van der Waals surface area contributed by atoms with Crippen LogP contribution in [0.4, 0.5) is 0 Å². The SMILES string of the molecule is CC(C)CCN[C@H](C)c1cccc(Cl)c1. The molecule has 0 unspecified atom stereocenters. The third kappa shape index (κ3) is 4.67. The molecule has 0 spiro atoms. The molecule has 0 amide bonds. The summed E-state index contributed by atoms with van der Waals surface area (Å²) < 4.78 is 0. The van der Waals surface area contributed by atoms with E-state index in [1.54, 1.807) is 0 Å². The van der Waals surface area contributed by atoms with Crippen LogP contribution in [0.1, 0.15) is 38.8 Å². The summed E-state index contributed by atoms with van der Waals surface area (Å²) in [5.74, 6) is 0.754. The number of rotatable bonds is 5. The molecule has 1 aromatic carbocycles. The fourth-order valence-corrected chi connectivity index (χ4v) is 1.68. The lowest BCUT2D eigenvalue weighted by Crippen LogP contribution is -2.20. The fourth-order valence-electron chi connectivity index (χ4n) is 1.48. The van der Waals surface area contributed by atoms with Gasteiger partial charge in [0.05, 0.1) is 0 Å². The summed E-state index contributed by atoms with van der Waals surface area (Å²) in [7, 11) is 0. The lowest BCUT2D eigenvalue weighted by atomic mass is 10.1. The van der Waals surface area contributed by atoms with Crippen LogP contribution in [0, 0.1) is 5.92 Å². The predicted octanol–water partition coefficient (Wildman–Crippen LogP) is 4.04. The maximum atomic E-state index is 5.95. The van der Waals surface area contributed by atoms with Crippen LogP contribution in [0.2, 0.25) is 5.02 Å². The topological polar surface area (TPSA) is 12.0 Å². The van der Waals surface area contributed by atoms with E-state index < -0.39 is 0 Å². The highest BCUT2D eigenvalue weighted by Gasteiger charge is 2.04. The van der Waals surface area contributed by atoms with Gasteiger partial charge in [-0.15, -0.1) is 0 Å². The fraction of sp³-hybridized carbons (Fsp3) is 0.538. The Morgan fingerprint density at radius 2 is 2.00 bits per heavy atom. The van der Waals surface area contributed by atoms with E-state index in [-0.39, 0.29) is 0 Å². The molecule has 0 aromatic heterocycles. The van der Waals surface area contributed by atoms with Crippen molar-refractivity contribution < 1.29 is 0 Å². The zero-order chi connectivity index (χ0) is 11.3. The Kier molecular flexibility index (Phi) is 5.13. The molecule has 0 aliphatic rings. The molecule has 0 radical (unpaired) electrons. The summed E-state index contributed by atoms with van der Waals surface area (Å²) in [5, 5.41) is 4.31. The summed E-state index contributed by atoms with van der Waals surface area (Å²) in [6, 6.07) is 8.42. The van der Waals surface area contributed by atoms with Crippen molar-refractivity contribution in [3.63, 3.8) is 0 Å². The minimum Gasteiger partial charge on any atom is -0.310 e. The molecule has 2 heteroatoms. The van der Waals surface area contributed by atoms with E-state index >= 15 is 0 Å². The predicted molar refractivity (Wildman–Crippen MR) is 67.3 cm³/mol. The van der Waals surface area contributed by atoms with E-state index in [0.717, 1.165) is 17.5 Å². The van der Waals surface area contributed by atoms with Gasteiger partial charge in [-0.3, -0.25) is 0 Å². The zero-order valence-corrected chi connectivity index (χ0v) is 10.5. The molecule has 1 N–H and O–H groups in total. The van der Waals surface area contributed by atoms with Crippen LogP contribution in [-0.4, -0.2) is 6.54 Å². The minimum absolute atomic E-state index is 0.377. The van der Waals surface area contributed by atoms with Crippen molar-refractivity contribution in [2.45, 2.75) is 33.2 Å². The summed E-state index contributed by atoms with van der Waals surface area (Å²) in [4.78, 5) is 0. The van der Waals surface area contributed by atoms with Crippen molar-refractivity contribution >= 4 is 11.6 Å². The van der Waals surface area contributed by atoms with E-state index in [0.29, 0.717) is 6.04 Å². The summed E-state index contributed by atoms with van der Waals surface area (Å²) in [6.07, 6.45) is 1.21. The molecular weight excluding hydrogens is 206 g/mol. The first-order valence-electron chi connectivity index (χ1n) is 5.58. The second-order valence-electron chi connectivity index (χ2n) is 4.41. The third-order valence-corrected chi connectivity index (χ3v) is 2.76. The highest BCUT2D eigenvalue weighted by atomic mass is 35.5. The van der Waals surface area contributed by atoms with Crippen LogP contribution in [-0.2, 0) is 0 Å². The summed E-state index contributed by atoms with van der Waals surface area (Å²) in [5.41, 5.74) is 1.26. The molecule has 15 heavy (non-hydrogen) atoms. The third-order valence-electron chi connectivity index (χ3n) is 2.52. The van der Waals surface area contributed by atoms with Gasteiger partial charge in [-0.25, -0.2) is 0 Å². The van der Waals surface area contributed by atoms with Gasteiger partial charge in [0, 0.05) is 11.1 Å². The van der Waals surface area contributed by atoms with Gasteiger partial charge in [-0.2, -0.15) is 0 Å². The van der Waals surface area contributed by atoms with Crippen LogP contribution in [0.3, 0.4) is 0 Å². The Hall–Kier alpha value is -0.530. The highest BCUT2D eigenvalue weighted by Crippen LogP contribution is 2.17. The minimum atomic E-state index is 0.377. The van der Waals surface area contributed by atoms with Gasteiger partial charge in [0.15, 0.2) is 0 Å². The van der Waals surface area contributed by atoms with Crippen LogP contribution >= 0.6 is 11.6 Å². The van der Waals surface area contributed by atoms with Crippen molar-refractivity contribution in [1.29, 1.82) is 0 Å². The Morgan fingerprint density at radius 3 is 2.60 bits per heavy atom. The number of halogens is 1. The lowest BCUT2D eigenvalue weighted by molar-refractivity contribution is 0.497. The van der Waals surface area contributed by atoms with Crippen LogP contribution in [0.15, 0.2) is 24.3 Å².